The number of hydrogen-bond donors (Lipinski definition) is 3. The predicted molar refractivity (Wildman–Crippen MR) is 63.1 cm³/mol. The van der Waals surface area contributed by atoms with Crippen molar-refractivity contribution in [1.82, 2.24) is 5.32 Å². The van der Waals surface area contributed by atoms with Gasteiger partial charge in [-0.15, -0.1) is 0 Å². The van der Waals surface area contributed by atoms with Gasteiger partial charge in [-0.1, -0.05) is 15.9 Å². The van der Waals surface area contributed by atoms with Crippen molar-refractivity contribution in [2.45, 2.75) is 13.0 Å². The fourth-order valence-electron chi connectivity index (χ4n) is 1.09. The van der Waals surface area contributed by atoms with Gasteiger partial charge in [-0.2, -0.15) is 0 Å². The standard InChI is InChI=1S/C10H11BrN2O3/c1-5(10(15)16)13-9(14)6-2-7(11)4-8(12)3-6/h2-5H,12H2,1H3,(H,13,14)(H,15,16)/t5-/m1/s1. The van der Waals surface area contributed by atoms with Gasteiger partial charge < -0.3 is 16.2 Å². The largest absolute Gasteiger partial charge is 0.480 e. The first-order valence-electron chi connectivity index (χ1n) is 4.50. The maximum atomic E-state index is 11.6. The van der Waals surface area contributed by atoms with Gasteiger partial charge in [-0.3, -0.25) is 9.59 Å². The third kappa shape index (κ3) is 3.23. The van der Waals surface area contributed by atoms with E-state index in [2.05, 4.69) is 21.2 Å². The number of anilines is 1. The van der Waals surface area contributed by atoms with Crippen molar-refractivity contribution in [3.05, 3.63) is 28.2 Å². The van der Waals surface area contributed by atoms with Crippen molar-refractivity contribution < 1.29 is 14.7 Å². The van der Waals surface area contributed by atoms with Crippen LogP contribution in [0.4, 0.5) is 5.69 Å². The van der Waals surface area contributed by atoms with E-state index in [4.69, 9.17) is 10.8 Å². The van der Waals surface area contributed by atoms with Crippen molar-refractivity contribution >= 4 is 33.5 Å². The molecule has 0 aliphatic rings. The minimum Gasteiger partial charge on any atom is -0.480 e. The maximum Gasteiger partial charge on any atom is 0.325 e. The quantitative estimate of drug-likeness (QED) is 0.729. The molecular weight excluding hydrogens is 276 g/mol. The van der Waals surface area contributed by atoms with E-state index in [1.807, 2.05) is 0 Å². The van der Waals surface area contributed by atoms with E-state index in [9.17, 15) is 9.59 Å². The molecule has 1 amide bonds. The van der Waals surface area contributed by atoms with E-state index in [0.717, 1.165) is 0 Å². The SMILES string of the molecule is C[C@@H](NC(=O)c1cc(N)cc(Br)c1)C(=O)O. The first-order valence-corrected chi connectivity index (χ1v) is 5.29. The van der Waals surface area contributed by atoms with E-state index in [1.54, 1.807) is 12.1 Å². The summed E-state index contributed by atoms with van der Waals surface area (Å²) in [5.74, 6) is -1.56. The molecule has 0 spiro atoms. The van der Waals surface area contributed by atoms with Crippen LogP contribution in [0.5, 0.6) is 0 Å². The predicted octanol–water partition coefficient (Wildman–Crippen LogP) is 1.23. The molecule has 16 heavy (non-hydrogen) atoms. The number of carbonyl (C=O) groups is 2. The molecule has 0 heterocycles. The Morgan fingerprint density at radius 3 is 2.56 bits per heavy atom. The third-order valence-corrected chi connectivity index (χ3v) is 2.36. The summed E-state index contributed by atoms with van der Waals surface area (Å²) in [6.07, 6.45) is 0. The number of aliphatic carboxylic acids is 1. The van der Waals surface area contributed by atoms with Crippen LogP contribution in [0, 0.1) is 0 Å². The molecule has 0 saturated carbocycles. The average molecular weight is 287 g/mol. The Balaban J connectivity index is 2.84. The second-order valence-corrected chi connectivity index (χ2v) is 4.22. The number of nitrogens with one attached hydrogen (secondary N) is 1. The van der Waals surface area contributed by atoms with Gasteiger partial charge in [0.05, 0.1) is 0 Å². The van der Waals surface area contributed by atoms with Crippen LogP contribution in [0.2, 0.25) is 0 Å². The average Bonchev–Trinajstić information content (AvgIpc) is 2.15. The Morgan fingerprint density at radius 1 is 1.44 bits per heavy atom. The molecule has 1 rings (SSSR count). The summed E-state index contributed by atoms with van der Waals surface area (Å²) in [5.41, 5.74) is 6.31. The summed E-state index contributed by atoms with van der Waals surface area (Å²) in [5, 5.41) is 11.0. The first-order chi connectivity index (χ1) is 7.40. The molecular formula is C10H11BrN2O3. The highest BCUT2D eigenvalue weighted by Crippen LogP contribution is 2.17. The van der Waals surface area contributed by atoms with Gasteiger partial charge in [0.25, 0.3) is 5.91 Å². The number of nitrogen functional groups attached to an aromatic ring is 1. The maximum absolute atomic E-state index is 11.6. The number of benzene rings is 1. The summed E-state index contributed by atoms with van der Waals surface area (Å²) in [7, 11) is 0. The van der Waals surface area contributed by atoms with Gasteiger partial charge in [-0.05, 0) is 25.1 Å². The normalized spacial score (nSPS) is 11.9. The summed E-state index contributed by atoms with van der Waals surface area (Å²) in [4.78, 5) is 22.2. The number of amides is 1. The van der Waals surface area contributed by atoms with Crippen LogP contribution in [0.25, 0.3) is 0 Å². The molecule has 4 N–H and O–H groups in total. The molecule has 1 atom stereocenters. The van der Waals surface area contributed by atoms with Gasteiger partial charge in [0.2, 0.25) is 0 Å². The summed E-state index contributed by atoms with van der Waals surface area (Å²) < 4.78 is 0.667. The number of rotatable bonds is 3. The Hall–Kier alpha value is -1.56. The smallest absolute Gasteiger partial charge is 0.325 e. The van der Waals surface area contributed by atoms with E-state index in [0.29, 0.717) is 15.7 Å². The minimum absolute atomic E-state index is 0.319. The molecule has 5 nitrogen and oxygen atoms in total. The zero-order valence-corrected chi connectivity index (χ0v) is 10.1. The first kappa shape index (κ1) is 12.5. The van der Waals surface area contributed by atoms with Crippen LogP contribution < -0.4 is 11.1 Å². The van der Waals surface area contributed by atoms with E-state index >= 15 is 0 Å². The Morgan fingerprint density at radius 2 is 2.06 bits per heavy atom. The summed E-state index contributed by atoms with van der Waals surface area (Å²) >= 11 is 3.20. The zero-order valence-electron chi connectivity index (χ0n) is 8.53. The van der Waals surface area contributed by atoms with Crippen LogP contribution in [-0.2, 0) is 4.79 Å². The molecule has 0 radical (unpaired) electrons. The number of hydrogen-bond acceptors (Lipinski definition) is 3. The number of carboxylic acid groups (broad SMARTS) is 1. The van der Waals surface area contributed by atoms with Crippen molar-refractivity contribution in [2.75, 3.05) is 5.73 Å². The highest BCUT2D eigenvalue weighted by atomic mass is 79.9. The lowest BCUT2D eigenvalue weighted by atomic mass is 10.2. The topological polar surface area (TPSA) is 92.4 Å². The van der Waals surface area contributed by atoms with Crippen LogP contribution in [-0.4, -0.2) is 23.0 Å². The Kier molecular flexibility index (Phi) is 3.89. The molecule has 0 unspecified atom stereocenters. The molecule has 1 aromatic carbocycles. The number of carbonyl (C=O) groups excluding carboxylic acids is 1. The Bertz CT molecular complexity index is 414. The molecule has 0 saturated heterocycles. The van der Waals surface area contributed by atoms with E-state index < -0.39 is 17.9 Å². The zero-order chi connectivity index (χ0) is 12.3. The second-order valence-electron chi connectivity index (χ2n) is 3.31. The van der Waals surface area contributed by atoms with Crippen LogP contribution in [0.1, 0.15) is 17.3 Å². The van der Waals surface area contributed by atoms with Crippen molar-refractivity contribution in [1.29, 1.82) is 0 Å². The molecule has 0 aliphatic carbocycles. The fourth-order valence-corrected chi connectivity index (χ4v) is 1.60. The van der Waals surface area contributed by atoms with Gasteiger partial charge in [-0.25, -0.2) is 0 Å². The van der Waals surface area contributed by atoms with Gasteiger partial charge in [0, 0.05) is 15.7 Å². The van der Waals surface area contributed by atoms with Crippen molar-refractivity contribution in [3.63, 3.8) is 0 Å². The highest BCUT2D eigenvalue weighted by molar-refractivity contribution is 9.10. The lowest BCUT2D eigenvalue weighted by molar-refractivity contribution is -0.138. The summed E-state index contributed by atoms with van der Waals surface area (Å²) in [6.45, 7) is 1.39. The van der Waals surface area contributed by atoms with Crippen LogP contribution in [0.15, 0.2) is 22.7 Å². The number of carboxylic acids is 1. The van der Waals surface area contributed by atoms with E-state index in [-0.39, 0.29) is 0 Å². The molecule has 86 valence electrons. The fraction of sp³-hybridized carbons (Fsp3) is 0.200. The second kappa shape index (κ2) is 4.98. The van der Waals surface area contributed by atoms with Crippen LogP contribution >= 0.6 is 15.9 Å². The molecule has 0 aliphatic heterocycles. The van der Waals surface area contributed by atoms with Gasteiger partial charge in [0.1, 0.15) is 6.04 Å². The number of halogens is 1. The molecule has 0 aromatic heterocycles. The van der Waals surface area contributed by atoms with Gasteiger partial charge in [0.15, 0.2) is 0 Å². The Labute approximate surface area is 101 Å². The summed E-state index contributed by atoms with van der Waals surface area (Å²) in [6, 6.07) is 3.76. The molecule has 0 bridgehead atoms. The lowest BCUT2D eigenvalue weighted by Crippen LogP contribution is -2.38. The van der Waals surface area contributed by atoms with Gasteiger partial charge >= 0.3 is 5.97 Å². The third-order valence-electron chi connectivity index (χ3n) is 1.90. The highest BCUT2D eigenvalue weighted by Gasteiger charge is 2.15. The number of nitrogens with two attached hydrogens (primary N) is 1. The monoisotopic (exact) mass is 286 g/mol. The minimum atomic E-state index is -1.09. The van der Waals surface area contributed by atoms with Crippen molar-refractivity contribution in [2.24, 2.45) is 0 Å². The van der Waals surface area contributed by atoms with Crippen molar-refractivity contribution in [3.8, 4) is 0 Å². The van der Waals surface area contributed by atoms with E-state index in [1.165, 1.54) is 13.0 Å². The van der Waals surface area contributed by atoms with Crippen LogP contribution in [0.3, 0.4) is 0 Å². The molecule has 0 fully saturated rings. The molecule has 6 heteroatoms. The lowest BCUT2D eigenvalue weighted by Gasteiger charge is -2.09. The molecule has 1 aromatic rings.